The highest BCUT2D eigenvalue weighted by Crippen LogP contribution is 2.25. The molecule has 0 aromatic heterocycles. The number of hydrogen-bond acceptors (Lipinski definition) is 3. The van der Waals surface area contributed by atoms with E-state index in [2.05, 4.69) is 18.7 Å². The Balaban J connectivity index is 2.05. The van der Waals surface area contributed by atoms with Crippen molar-refractivity contribution in [3.63, 3.8) is 0 Å². The Bertz CT molecular complexity index is 489. The van der Waals surface area contributed by atoms with E-state index < -0.39 is 0 Å². The number of halogens is 1. The number of likely N-dealkylation sites (N-methyl/N-ethyl adjacent to an activating group) is 1. The predicted molar refractivity (Wildman–Crippen MR) is 80.3 cm³/mol. The van der Waals surface area contributed by atoms with Crippen LogP contribution in [0, 0.1) is 0 Å². The van der Waals surface area contributed by atoms with Crippen molar-refractivity contribution in [1.82, 2.24) is 9.80 Å². The van der Waals surface area contributed by atoms with E-state index in [0.717, 1.165) is 32.6 Å². The fourth-order valence-corrected chi connectivity index (χ4v) is 2.97. The zero-order valence-corrected chi connectivity index (χ0v) is 12.7. The van der Waals surface area contributed by atoms with E-state index in [9.17, 15) is 9.90 Å². The molecule has 1 aromatic rings. The number of carbonyl (C=O) groups excluding carboxylic acids is 1. The summed E-state index contributed by atoms with van der Waals surface area (Å²) in [6, 6.07) is 5.06. The van der Waals surface area contributed by atoms with Gasteiger partial charge < -0.3 is 10.0 Å². The lowest BCUT2D eigenvalue weighted by Gasteiger charge is -2.26. The number of phenols is 1. The molecule has 1 aromatic carbocycles. The fourth-order valence-electron chi connectivity index (χ4n) is 2.79. The van der Waals surface area contributed by atoms with Crippen LogP contribution >= 0.6 is 11.6 Å². The maximum Gasteiger partial charge on any atom is 0.253 e. The van der Waals surface area contributed by atoms with Crippen molar-refractivity contribution in [1.29, 1.82) is 0 Å². The van der Waals surface area contributed by atoms with Gasteiger partial charge in [0, 0.05) is 24.7 Å². The van der Waals surface area contributed by atoms with Crippen LogP contribution in [0.4, 0.5) is 0 Å². The van der Waals surface area contributed by atoms with Crippen LogP contribution in [-0.2, 0) is 0 Å². The Morgan fingerprint density at radius 3 is 2.75 bits per heavy atom. The van der Waals surface area contributed by atoms with Gasteiger partial charge in [0.25, 0.3) is 5.91 Å². The summed E-state index contributed by atoms with van der Waals surface area (Å²) in [5.74, 6) is -0.00721. The van der Waals surface area contributed by atoms with Crippen LogP contribution in [0.3, 0.4) is 0 Å². The zero-order valence-electron chi connectivity index (χ0n) is 12.0. The summed E-state index contributed by atoms with van der Waals surface area (Å²) in [5.41, 5.74) is 0.535. The third-order valence-electron chi connectivity index (χ3n) is 3.97. The van der Waals surface area contributed by atoms with Crippen molar-refractivity contribution >= 4 is 17.5 Å². The zero-order chi connectivity index (χ0) is 14.7. The van der Waals surface area contributed by atoms with E-state index in [4.69, 9.17) is 11.6 Å². The summed E-state index contributed by atoms with van der Waals surface area (Å²) in [6.45, 7) is 7.85. The lowest BCUT2D eigenvalue weighted by atomic mass is 10.2. The molecule has 4 nitrogen and oxygen atoms in total. The molecule has 1 fully saturated rings. The Kier molecular flexibility index (Phi) is 4.89. The molecule has 0 radical (unpaired) electrons. The van der Waals surface area contributed by atoms with Crippen LogP contribution in [0.15, 0.2) is 18.2 Å². The molecule has 1 amide bonds. The van der Waals surface area contributed by atoms with Gasteiger partial charge in [0.05, 0.1) is 5.02 Å². The lowest BCUT2D eigenvalue weighted by Crippen LogP contribution is -2.38. The monoisotopic (exact) mass is 296 g/mol. The second-order valence-electron chi connectivity index (χ2n) is 5.08. The molecule has 0 spiro atoms. The molecule has 1 N–H and O–H groups in total. The lowest BCUT2D eigenvalue weighted by molar-refractivity contribution is 0.0778. The van der Waals surface area contributed by atoms with Crippen molar-refractivity contribution in [2.24, 2.45) is 0 Å². The molecule has 1 saturated heterocycles. The summed E-state index contributed by atoms with van der Waals surface area (Å²) >= 11 is 5.86. The average molecular weight is 297 g/mol. The summed E-state index contributed by atoms with van der Waals surface area (Å²) in [7, 11) is 0. The summed E-state index contributed by atoms with van der Waals surface area (Å²) in [5, 5.41) is 9.62. The van der Waals surface area contributed by atoms with Crippen molar-refractivity contribution < 1.29 is 9.90 Å². The molecular weight excluding hydrogens is 276 g/mol. The second-order valence-corrected chi connectivity index (χ2v) is 5.49. The van der Waals surface area contributed by atoms with Crippen molar-refractivity contribution in [3.8, 4) is 5.75 Å². The molecule has 5 heteroatoms. The minimum Gasteiger partial charge on any atom is -0.506 e. The summed E-state index contributed by atoms with van der Waals surface area (Å²) in [4.78, 5) is 16.7. The molecule has 0 saturated carbocycles. The van der Waals surface area contributed by atoms with Gasteiger partial charge in [-0.15, -0.1) is 0 Å². The van der Waals surface area contributed by atoms with Gasteiger partial charge in [-0.25, -0.2) is 0 Å². The minimum atomic E-state index is -0.0124. The number of aromatic hydroxyl groups is 1. The number of phenolic OH excluding ortho intramolecular Hbond substituents is 1. The molecule has 110 valence electrons. The van der Waals surface area contributed by atoms with Crippen LogP contribution in [0.25, 0.3) is 0 Å². The number of carbonyl (C=O) groups is 1. The minimum absolute atomic E-state index is 0.00524. The standard InChI is InChI=1S/C15H21ClN2O2/c1-3-17(4-2)12-7-8-18(10-12)15(20)11-5-6-14(19)13(16)9-11/h5-6,9,12,19H,3-4,7-8,10H2,1-2H3. The van der Waals surface area contributed by atoms with Crippen LogP contribution in [0.2, 0.25) is 5.02 Å². The molecule has 1 aliphatic rings. The second kappa shape index (κ2) is 6.46. The molecular formula is C15H21ClN2O2. The van der Waals surface area contributed by atoms with Gasteiger partial charge in [-0.3, -0.25) is 9.69 Å². The molecule has 1 heterocycles. The third-order valence-corrected chi connectivity index (χ3v) is 4.28. The molecule has 0 aliphatic carbocycles. The van der Waals surface area contributed by atoms with Gasteiger partial charge in [0.1, 0.15) is 5.75 Å². The molecule has 1 atom stereocenters. The first-order valence-corrected chi connectivity index (χ1v) is 7.46. The topological polar surface area (TPSA) is 43.8 Å². The molecule has 2 rings (SSSR count). The first kappa shape index (κ1) is 15.1. The largest absolute Gasteiger partial charge is 0.506 e. The van der Waals surface area contributed by atoms with Crippen LogP contribution < -0.4 is 0 Å². The summed E-state index contributed by atoms with van der Waals surface area (Å²) < 4.78 is 0. The van der Waals surface area contributed by atoms with Gasteiger partial charge in [-0.1, -0.05) is 25.4 Å². The van der Waals surface area contributed by atoms with Gasteiger partial charge in [0.15, 0.2) is 0 Å². The van der Waals surface area contributed by atoms with E-state index in [1.807, 2.05) is 4.90 Å². The highest BCUT2D eigenvalue weighted by Gasteiger charge is 2.29. The number of amides is 1. The summed E-state index contributed by atoms with van der Waals surface area (Å²) in [6.07, 6.45) is 1.01. The third kappa shape index (κ3) is 3.07. The Morgan fingerprint density at radius 2 is 2.15 bits per heavy atom. The SMILES string of the molecule is CCN(CC)C1CCN(C(=O)c2ccc(O)c(Cl)c2)C1. The van der Waals surface area contributed by atoms with Gasteiger partial charge in [0.2, 0.25) is 0 Å². The molecule has 0 bridgehead atoms. The van der Waals surface area contributed by atoms with E-state index >= 15 is 0 Å². The average Bonchev–Trinajstić information content (AvgIpc) is 2.92. The number of likely N-dealkylation sites (tertiary alicyclic amines) is 1. The quantitative estimate of drug-likeness (QED) is 0.929. The fraction of sp³-hybridized carbons (Fsp3) is 0.533. The number of nitrogens with zero attached hydrogens (tertiary/aromatic N) is 2. The predicted octanol–water partition coefficient (Wildman–Crippen LogP) is 2.60. The Labute approximate surface area is 124 Å². The molecule has 1 aliphatic heterocycles. The molecule has 1 unspecified atom stereocenters. The van der Waals surface area contributed by atoms with Crippen molar-refractivity contribution in [2.45, 2.75) is 26.3 Å². The highest BCUT2D eigenvalue weighted by molar-refractivity contribution is 6.32. The van der Waals surface area contributed by atoms with E-state index in [1.54, 1.807) is 6.07 Å². The van der Waals surface area contributed by atoms with Crippen LogP contribution in [-0.4, -0.2) is 53.0 Å². The van der Waals surface area contributed by atoms with Gasteiger partial charge in [-0.2, -0.15) is 0 Å². The van der Waals surface area contributed by atoms with Crippen LogP contribution in [0.5, 0.6) is 5.75 Å². The van der Waals surface area contributed by atoms with Gasteiger partial charge in [-0.05, 0) is 37.7 Å². The maximum atomic E-state index is 12.4. The van der Waals surface area contributed by atoms with Crippen molar-refractivity contribution in [2.75, 3.05) is 26.2 Å². The van der Waals surface area contributed by atoms with E-state index in [0.29, 0.717) is 11.6 Å². The first-order chi connectivity index (χ1) is 9.56. The number of hydrogen-bond donors (Lipinski definition) is 1. The molecule has 20 heavy (non-hydrogen) atoms. The van der Waals surface area contributed by atoms with Gasteiger partial charge >= 0.3 is 0 Å². The Morgan fingerprint density at radius 1 is 1.45 bits per heavy atom. The maximum absolute atomic E-state index is 12.4. The number of benzene rings is 1. The normalized spacial score (nSPS) is 18.8. The van der Waals surface area contributed by atoms with E-state index in [-0.39, 0.29) is 16.7 Å². The number of rotatable bonds is 4. The smallest absolute Gasteiger partial charge is 0.253 e. The van der Waals surface area contributed by atoms with Crippen molar-refractivity contribution in [3.05, 3.63) is 28.8 Å². The Hall–Kier alpha value is -1.26. The first-order valence-electron chi connectivity index (χ1n) is 7.08. The van der Waals surface area contributed by atoms with Crippen LogP contribution in [0.1, 0.15) is 30.6 Å². The van der Waals surface area contributed by atoms with E-state index in [1.165, 1.54) is 12.1 Å². The highest BCUT2D eigenvalue weighted by atomic mass is 35.5.